The van der Waals surface area contributed by atoms with Crippen molar-refractivity contribution in [1.29, 1.82) is 0 Å². The van der Waals surface area contributed by atoms with E-state index in [1.165, 1.54) is 12.7 Å². The lowest BCUT2D eigenvalue weighted by Gasteiger charge is -2.29. The minimum atomic E-state index is -2.91. The molecule has 0 aliphatic carbocycles. The Morgan fingerprint density at radius 1 is 1.33 bits per heavy atom. The number of aliphatic imine (C=N–C) groups is 1. The molecule has 1 N–H and O–H groups in total. The Bertz CT molecular complexity index is 575. The summed E-state index contributed by atoms with van der Waals surface area (Å²) in [6, 6.07) is 0.594. The molecule has 0 spiro atoms. The lowest BCUT2D eigenvalue weighted by Crippen LogP contribution is -2.45. The number of nitrogens with zero attached hydrogens (tertiary/aromatic N) is 3. The van der Waals surface area contributed by atoms with Crippen LogP contribution in [-0.4, -0.2) is 82.0 Å². The van der Waals surface area contributed by atoms with Gasteiger partial charge in [0.2, 0.25) is 0 Å². The fraction of sp³-hybridized carbons (Fsp3) is 0.824. The van der Waals surface area contributed by atoms with E-state index in [4.69, 9.17) is 0 Å². The van der Waals surface area contributed by atoms with Crippen molar-refractivity contribution in [3.05, 3.63) is 12.2 Å². The van der Waals surface area contributed by atoms with E-state index >= 15 is 0 Å². The van der Waals surface area contributed by atoms with E-state index in [0.29, 0.717) is 12.5 Å². The molecule has 1 saturated heterocycles. The van der Waals surface area contributed by atoms with Crippen LogP contribution in [0.15, 0.2) is 17.1 Å². The van der Waals surface area contributed by atoms with Crippen molar-refractivity contribution in [1.82, 2.24) is 15.1 Å². The van der Waals surface area contributed by atoms with Crippen molar-refractivity contribution in [3.8, 4) is 0 Å². The second-order valence-electron chi connectivity index (χ2n) is 7.76. The average Bonchev–Trinajstić information content (AvgIpc) is 3.16. The van der Waals surface area contributed by atoms with Crippen LogP contribution in [0.4, 0.5) is 0 Å². The van der Waals surface area contributed by atoms with Crippen LogP contribution in [0.5, 0.6) is 0 Å². The fourth-order valence-electron chi connectivity index (χ4n) is 3.23. The summed E-state index contributed by atoms with van der Waals surface area (Å²) >= 11 is 0. The van der Waals surface area contributed by atoms with Crippen molar-refractivity contribution >= 4 is 15.8 Å². The van der Waals surface area contributed by atoms with Crippen molar-refractivity contribution in [2.24, 2.45) is 10.4 Å². The Morgan fingerprint density at radius 3 is 2.58 bits per heavy atom. The molecule has 2 rings (SSSR count). The van der Waals surface area contributed by atoms with E-state index in [-0.39, 0.29) is 11.2 Å². The molecule has 2 aliphatic rings. The minimum Gasteiger partial charge on any atom is -0.356 e. The molecule has 0 bridgehead atoms. The third-order valence-corrected chi connectivity index (χ3v) is 5.86. The van der Waals surface area contributed by atoms with Gasteiger partial charge in [0, 0.05) is 52.1 Å². The fourth-order valence-corrected chi connectivity index (χ4v) is 4.15. The van der Waals surface area contributed by atoms with E-state index in [2.05, 4.69) is 46.1 Å². The van der Waals surface area contributed by atoms with E-state index in [0.717, 1.165) is 38.7 Å². The predicted octanol–water partition coefficient (Wildman–Crippen LogP) is 0.969. The first-order valence-corrected chi connectivity index (χ1v) is 10.8. The van der Waals surface area contributed by atoms with Gasteiger partial charge in [0.1, 0.15) is 9.84 Å². The van der Waals surface area contributed by atoms with Crippen molar-refractivity contribution in [2.75, 3.05) is 51.8 Å². The smallest absolute Gasteiger partial charge is 0.193 e. The summed E-state index contributed by atoms with van der Waals surface area (Å²) in [5, 5.41) is 3.45. The largest absolute Gasteiger partial charge is 0.356 e. The summed E-state index contributed by atoms with van der Waals surface area (Å²) in [7, 11) is -1.10. The molecule has 138 valence electrons. The average molecular weight is 357 g/mol. The molecule has 0 aromatic rings. The molecule has 2 heterocycles. The molecule has 2 aliphatic heterocycles. The van der Waals surface area contributed by atoms with Gasteiger partial charge in [-0.3, -0.25) is 9.89 Å². The third kappa shape index (κ3) is 5.77. The van der Waals surface area contributed by atoms with Gasteiger partial charge >= 0.3 is 0 Å². The number of hydrogen-bond donors (Lipinski definition) is 1. The van der Waals surface area contributed by atoms with Crippen LogP contribution in [0.2, 0.25) is 0 Å². The maximum Gasteiger partial charge on any atom is 0.193 e. The van der Waals surface area contributed by atoms with Crippen LogP contribution >= 0.6 is 0 Å². The second kappa shape index (κ2) is 7.87. The number of nitrogens with one attached hydrogen (secondary N) is 1. The van der Waals surface area contributed by atoms with Gasteiger partial charge in [-0.2, -0.15) is 0 Å². The van der Waals surface area contributed by atoms with Gasteiger partial charge < -0.3 is 10.2 Å². The van der Waals surface area contributed by atoms with Crippen LogP contribution in [0.3, 0.4) is 0 Å². The Hall–Kier alpha value is -1.08. The Labute approximate surface area is 146 Å². The molecule has 1 atom stereocenters. The van der Waals surface area contributed by atoms with Crippen LogP contribution in [0, 0.1) is 5.41 Å². The van der Waals surface area contributed by atoms with Crippen molar-refractivity contribution in [3.63, 3.8) is 0 Å². The highest BCUT2D eigenvalue weighted by Gasteiger charge is 2.30. The number of likely N-dealkylation sites (tertiary alicyclic amines) is 1. The molecule has 0 saturated carbocycles. The molecule has 0 amide bonds. The zero-order valence-corrected chi connectivity index (χ0v) is 16.3. The number of guanidine groups is 1. The van der Waals surface area contributed by atoms with E-state index in [9.17, 15) is 8.42 Å². The second-order valence-corrected chi connectivity index (χ2v) is 10.0. The predicted molar refractivity (Wildman–Crippen MR) is 100 cm³/mol. The highest BCUT2D eigenvalue weighted by molar-refractivity contribution is 7.90. The summed E-state index contributed by atoms with van der Waals surface area (Å²) < 4.78 is 22.8. The van der Waals surface area contributed by atoms with E-state index in [1.54, 1.807) is 0 Å². The molecule has 1 fully saturated rings. The van der Waals surface area contributed by atoms with Crippen molar-refractivity contribution in [2.45, 2.75) is 32.7 Å². The summed E-state index contributed by atoms with van der Waals surface area (Å²) in [4.78, 5) is 9.24. The van der Waals surface area contributed by atoms with Crippen LogP contribution in [-0.2, 0) is 9.84 Å². The van der Waals surface area contributed by atoms with Gasteiger partial charge in [0.25, 0.3) is 0 Å². The van der Waals surface area contributed by atoms with E-state index in [1.807, 2.05) is 7.05 Å². The standard InChI is InChI=1S/C17H32N4O2S/c1-17(2,8-12-24(4,22)23)14-19-16(18-3)21-11-7-15(13-21)20-9-5-6-10-20/h5-6,15H,7-14H2,1-4H3,(H,18,19). The highest BCUT2D eigenvalue weighted by Crippen LogP contribution is 2.21. The molecule has 0 aromatic carbocycles. The Kier molecular flexibility index (Phi) is 6.31. The number of hydrogen-bond acceptors (Lipinski definition) is 4. The topological polar surface area (TPSA) is 65.0 Å². The molecule has 1 unspecified atom stereocenters. The van der Waals surface area contributed by atoms with Gasteiger partial charge in [-0.05, 0) is 18.3 Å². The summed E-state index contributed by atoms with van der Waals surface area (Å²) in [6.07, 6.45) is 7.59. The molecule has 6 nitrogen and oxygen atoms in total. The Balaban J connectivity index is 1.82. The lowest BCUT2D eigenvalue weighted by atomic mass is 9.90. The Morgan fingerprint density at radius 2 is 2.00 bits per heavy atom. The molecule has 0 radical (unpaired) electrons. The zero-order valence-electron chi connectivity index (χ0n) is 15.5. The first-order chi connectivity index (χ1) is 11.2. The summed E-state index contributed by atoms with van der Waals surface area (Å²) in [6.45, 7) is 9.06. The SMILES string of the molecule is CN=C(NCC(C)(C)CCS(C)(=O)=O)N1CCC(N2CC=CC2)C1. The quantitative estimate of drug-likeness (QED) is 0.436. The van der Waals surface area contributed by atoms with Crippen LogP contribution in [0.1, 0.15) is 26.7 Å². The molecule has 7 heteroatoms. The molecule has 24 heavy (non-hydrogen) atoms. The molecule has 0 aromatic heterocycles. The van der Waals surface area contributed by atoms with Gasteiger partial charge in [-0.1, -0.05) is 26.0 Å². The first-order valence-electron chi connectivity index (χ1n) is 8.72. The number of sulfone groups is 1. The normalized spacial score (nSPS) is 23.2. The lowest BCUT2D eigenvalue weighted by molar-refractivity contribution is 0.258. The first kappa shape index (κ1) is 19.2. The minimum absolute atomic E-state index is 0.0863. The number of rotatable bonds is 6. The summed E-state index contributed by atoms with van der Waals surface area (Å²) in [5.74, 6) is 1.16. The zero-order chi connectivity index (χ0) is 17.8. The van der Waals surface area contributed by atoms with Gasteiger partial charge in [0.05, 0.1) is 5.75 Å². The maximum atomic E-state index is 11.4. The summed E-state index contributed by atoms with van der Waals surface area (Å²) in [5.41, 5.74) is -0.0863. The molecular weight excluding hydrogens is 324 g/mol. The van der Waals surface area contributed by atoms with Crippen LogP contribution < -0.4 is 5.32 Å². The maximum absolute atomic E-state index is 11.4. The van der Waals surface area contributed by atoms with Crippen LogP contribution in [0.25, 0.3) is 0 Å². The third-order valence-electron chi connectivity index (χ3n) is 4.91. The highest BCUT2D eigenvalue weighted by atomic mass is 32.2. The van der Waals surface area contributed by atoms with Crippen molar-refractivity contribution < 1.29 is 8.42 Å². The van der Waals surface area contributed by atoms with Gasteiger partial charge in [-0.25, -0.2) is 8.42 Å². The molecular formula is C17H32N4O2S. The monoisotopic (exact) mass is 356 g/mol. The van der Waals surface area contributed by atoms with E-state index < -0.39 is 9.84 Å². The van der Waals surface area contributed by atoms with Gasteiger partial charge in [0.15, 0.2) is 5.96 Å². The van der Waals surface area contributed by atoms with Gasteiger partial charge in [-0.15, -0.1) is 0 Å².